The topological polar surface area (TPSA) is 66.9 Å². The smallest absolute Gasteiger partial charge is 0.241 e. The average molecular weight is 344 g/mol. The number of nitrogens with zero attached hydrogens (tertiary/aromatic N) is 2. The molecule has 128 valence electrons. The summed E-state index contributed by atoms with van der Waals surface area (Å²) in [5.41, 5.74) is 0.614. The summed E-state index contributed by atoms with van der Waals surface area (Å²) in [6.45, 7) is 0.564. The second-order valence-corrected chi connectivity index (χ2v) is 7.63. The first kappa shape index (κ1) is 17.7. The van der Waals surface area contributed by atoms with Gasteiger partial charge in [-0.3, -0.25) is 4.79 Å². The Morgan fingerprint density at radius 1 is 1.48 bits per heavy atom. The summed E-state index contributed by atoms with van der Waals surface area (Å²) < 4.78 is 43.3. The summed E-state index contributed by atoms with van der Waals surface area (Å²) in [7, 11) is -0.440. The van der Waals surface area contributed by atoms with Crippen LogP contribution in [0.1, 0.15) is 18.4 Å². The van der Waals surface area contributed by atoms with Crippen molar-refractivity contribution < 1.29 is 22.3 Å². The molecule has 0 bridgehead atoms. The van der Waals surface area contributed by atoms with Crippen LogP contribution in [-0.4, -0.2) is 56.5 Å². The highest BCUT2D eigenvalue weighted by Crippen LogP contribution is 2.23. The second-order valence-electron chi connectivity index (χ2n) is 5.69. The molecule has 6 nitrogen and oxygen atoms in total. The number of rotatable bonds is 5. The summed E-state index contributed by atoms with van der Waals surface area (Å²) >= 11 is 0. The zero-order valence-corrected chi connectivity index (χ0v) is 14.3. The van der Waals surface area contributed by atoms with Gasteiger partial charge in [0.15, 0.2) is 11.6 Å². The van der Waals surface area contributed by atoms with Gasteiger partial charge in [-0.25, -0.2) is 12.8 Å². The van der Waals surface area contributed by atoms with E-state index in [2.05, 4.69) is 0 Å². The molecule has 0 radical (unpaired) electrons. The van der Waals surface area contributed by atoms with Gasteiger partial charge in [0, 0.05) is 20.1 Å². The van der Waals surface area contributed by atoms with Gasteiger partial charge in [-0.1, -0.05) is 6.07 Å². The van der Waals surface area contributed by atoms with Crippen molar-refractivity contribution in [1.29, 1.82) is 0 Å². The Bertz CT molecular complexity index is 693. The highest BCUT2D eigenvalue weighted by molar-refractivity contribution is 7.88. The molecule has 1 aromatic rings. The number of benzene rings is 1. The Morgan fingerprint density at radius 3 is 2.74 bits per heavy atom. The van der Waals surface area contributed by atoms with E-state index in [9.17, 15) is 17.6 Å². The van der Waals surface area contributed by atoms with E-state index < -0.39 is 21.9 Å². The van der Waals surface area contributed by atoms with E-state index in [0.717, 1.165) is 6.26 Å². The molecule has 0 spiro atoms. The molecule has 8 heteroatoms. The fourth-order valence-electron chi connectivity index (χ4n) is 2.80. The van der Waals surface area contributed by atoms with Gasteiger partial charge in [0.25, 0.3) is 0 Å². The molecule has 23 heavy (non-hydrogen) atoms. The van der Waals surface area contributed by atoms with Crippen molar-refractivity contribution in [3.63, 3.8) is 0 Å². The highest BCUT2D eigenvalue weighted by atomic mass is 32.2. The largest absolute Gasteiger partial charge is 0.494 e. The predicted octanol–water partition coefficient (Wildman–Crippen LogP) is 1.22. The van der Waals surface area contributed by atoms with Crippen molar-refractivity contribution >= 4 is 15.9 Å². The van der Waals surface area contributed by atoms with E-state index in [1.54, 1.807) is 13.1 Å². The number of likely N-dealkylation sites (N-methyl/N-ethyl adjacent to an activating group) is 1. The van der Waals surface area contributed by atoms with Crippen molar-refractivity contribution in [2.45, 2.75) is 25.4 Å². The van der Waals surface area contributed by atoms with Gasteiger partial charge in [-0.05, 0) is 30.5 Å². The molecule has 0 aliphatic carbocycles. The Labute approximate surface area is 135 Å². The van der Waals surface area contributed by atoms with Crippen molar-refractivity contribution in [2.75, 3.05) is 27.0 Å². The van der Waals surface area contributed by atoms with Crippen molar-refractivity contribution in [3.05, 3.63) is 29.6 Å². The van der Waals surface area contributed by atoms with Gasteiger partial charge in [-0.15, -0.1) is 0 Å². The molecule has 1 amide bonds. The van der Waals surface area contributed by atoms with Gasteiger partial charge in [0.05, 0.1) is 13.4 Å². The summed E-state index contributed by atoms with van der Waals surface area (Å²) in [6, 6.07) is 3.82. The normalized spacial score (nSPS) is 18.9. The van der Waals surface area contributed by atoms with Crippen LogP contribution in [0.15, 0.2) is 18.2 Å². The average Bonchev–Trinajstić information content (AvgIpc) is 2.96. The molecule has 1 aliphatic rings. The minimum atomic E-state index is -3.41. The molecule has 1 aromatic carbocycles. The molecule has 1 heterocycles. The van der Waals surface area contributed by atoms with Crippen LogP contribution in [0.4, 0.5) is 4.39 Å². The van der Waals surface area contributed by atoms with Gasteiger partial charge in [-0.2, -0.15) is 4.31 Å². The van der Waals surface area contributed by atoms with Crippen LogP contribution >= 0.6 is 0 Å². The Morgan fingerprint density at radius 2 is 2.17 bits per heavy atom. The summed E-state index contributed by atoms with van der Waals surface area (Å²) in [4.78, 5) is 13.9. The molecule has 0 N–H and O–H groups in total. The monoisotopic (exact) mass is 344 g/mol. The number of amides is 1. The number of carbonyl (C=O) groups excluding carboxylic acids is 1. The quantitative estimate of drug-likeness (QED) is 0.805. The van der Waals surface area contributed by atoms with E-state index in [0.29, 0.717) is 24.9 Å². The summed E-state index contributed by atoms with van der Waals surface area (Å²) in [5, 5.41) is 0. The third-order valence-electron chi connectivity index (χ3n) is 3.93. The maximum Gasteiger partial charge on any atom is 0.241 e. The SMILES string of the molecule is COc1ccc(CN(C)C(=O)[C@H]2CCCN2S(C)(=O)=O)cc1F. The molecule has 2 rings (SSSR count). The van der Waals surface area contributed by atoms with Crippen LogP contribution < -0.4 is 4.74 Å². The highest BCUT2D eigenvalue weighted by Gasteiger charge is 2.37. The minimum absolute atomic E-state index is 0.141. The van der Waals surface area contributed by atoms with Crippen LogP contribution in [0.5, 0.6) is 5.75 Å². The van der Waals surface area contributed by atoms with Gasteiger partial charge in [0.2, 0.25) is 15.9 Å². The third kappa shape index (κ3) is 4.00. The lowest BCUT2D eigenvalue weighted by Crippen LogP contribution is -2.45. The molecule has 1 saturated heterocycles. The van der Waals surface area contributed by atoms with Crippen LogP contribution in [0.2, 0.25) is 0 Å². The molecular formula is C15H21FN2O4S. The van der Waals surface area contributed by atoms with Crippen LogP contribution in [-0.2, 0) is 21.4 Å². The number of methoxy groups -OCH3 is 1. The number of hydrogen-bond donors (Lipinski definition) is 0. The maximum absolute atomic E-state index is 13.7. The fourth-order valence-corrected chi connectivity index (χ4v) is 3.92. The van der Waals surface area contributed by atoms with Crippen molar-refractivity contribution in [3.8, 4) is 5.75 Å². The first-order chi connectivity index (χ1) is 10.7. The minimum Gasteiger partial charge on any atom is -0.494 e. The standard InChI is InChI=1S/C15H21FN2O4S/c1-17(10-11-6-7-14(22-2)12(16)9-11)15(19)13-5-4-8-18(13)23(3,20)21/h6-7,9,13H,4-5,8,10H2,1-3H3/t13-/m1/s1. The van der Waals surface area contributed by atoms with Crippen molar-refractivity contribution in [1.82, 2.24) is 9.21 Å². The molecule has 1 aliphatic heterocycles. The summed E-state index contributed by atoms with van der Waals surface area (Å²) in [5.74, 6) is -0.629. The number of hydrogen-bond acceptors (Lipinski definition) is 4. The third-order valence-corrected chi connectivity index (χ3v) is 5.22. The lowest BCUT2D eigenvalue weighted by Gasteiger charge is -2.26. The second kappa shape index (κ2) is 6.84. The summed E-state index contributed by atoms with van der Waals surface area (Å²) in [6.07, 6.45) is 2.28. The number of halogens is 1. The van der Waals surface area contributed by atoms with E-state index >= 15 is 0 Å². The van der Waals surface area contributed by atoms with Gasteiger partial charge in [0.1, 0.15) is 6.04 Å². The van der Waals surface area contributed by atoms with Crippen molar-refractivity contribution in [2.24, 2.45) is 0 Å². The Kier molecular flexibility index (Phi) is 5.26. The zero-order valence-electron chi connectivity index (χ0n) is 13.5. The van der Waals surface area contributed by atoms with Crippen LogP contribution in [0.25, 0.3) is 0 Å². The van der Waals surface area contributed by atoms with Gasteiger partial charge >= 0.3 is 0 Å². The molecular weight excluding hydrogens is 323 g/mol. The molecule has 0 unspecified atom stereocenters. The molecule has 1 fully saturated rings. The lowest BCUT2D eigenvalue weighted by molar-refractivity contribution is -0.133. The van der Waals surface area contributed by atoms with Gasteiger partial charge < -0.3 is 9.64 Å². The Hall–Kier alpha value is -1.67. The van der Waals surface area contributed by atoms with Crippen LogP contribution in [0.3, 0.4) is 0 Å². The lowest BCUT2D eigenvalue weighted by atomic mass is 10.1. The fraction of sp³-hybridized carbons (Fsp3) is 0.533. The Balaban J connectivity index is 2.09. The zero-order chi connectivity index (χ0) is 17.2. The molecule has 0 aromatic heterocycles. The maximum atomic E-state index is 13.7. The predicted molar refractivity (Wildman–Crippen MR) is 84.0 cm³/mol. The van der Waals surface area contributed by atoms with E-state index in [4.69, 9.17) is 4.74 Å². The molecule has 0 saturated carbocycles. The first-order valence-corrected chi connectivity index (χ1v) is 9.13. The first-order valence-electron chi connectivity index (χ1n) is 7.28. The number of sulfonamides is 1. The number of carbonyl (C=O) groups is 1. The molecule has 1 atom stereocenters. The van der Waals surface area contributed by atoms with E-state index in [-0.39, 0.29) is 18.2 Å². The van der Waals surface area contributed by atoms with E-state index in [1.807, 2.05) is 0 Å². The van der Waals surface area contributed by atoms with E-state index in [1.165, 1.54) is 28.4 Å². The number of ether oxygens (including phenoxy) is 1. The van der Waals surface area contributed by atoms with Crippen LogP contribution in [0, 0.1) is 5.82 Å².